The maximum absolute atomic E-state index is 12.0. The molecule has 0 fully saturated rings. The summed E-state index contributed by atoms with van der Waals surface area (Å²) in [6.07, 6.45) is 1.71. The number of benzene rings is 1. The average molecular weight is 289 g/mol. The van der Waals surface area contributed by atoms with E-state index in [2.05, 4.69) is 9.97 Å². The van der Waals surface area contributed by atoms with Gasteiger partial charge in [-0.3, -0.25) is 9.78 Å². The molecule has 1 aromatic carbocycles. The van der Waals surface area contributed by atoms with Crippen LogP contribution in [0.25, 0.3) is 20.8 Å². The van der Waals surface area contributed by atoms with Crippen LogP contribution in [-0.4, -0.2) is 9.97 Å². The fourth-order valence-electron chi connectivity index (χ4n) is 1.80. The summed E-state index contributed by atoms with van der Waals surface area (Å²) >= 11 is 7.38. The van der Waals surface area contributed by atoms with Crippen LogP contribution in [0.4, 0.5) is 0 Å². The lowest BCUT2D eigenvalue weighted by molar-refractivity contribution is 1.24. The lowest BCUT2D eigenvalue weighted by Gasteiger charge is -2.02. The van der Waals surface area contributed by atoms with Crippen molar-refractivity contribution in [3.63, 3.8) is 0 Å². The van der Waals surface area contributed by atoms with Gasteiger partial charge in [-0.05, 0) is 42.8 Å². The molecule has 0 saturated carbocycles. The average Bonchev–Trinajstić information content (AvgIpc) is 2.38. The Morgan fingerprint density at radius 2 is 2.05 bits per heavy atom. The fourth-order valence-corrected chi connectivity index (χ4v) is 3.04. The molecule has 2 aromatic heterocycles. The van der Waals surface area contributed by atoms with E-state index < -0.39 is 0 Å². The van der Waals surface area contributed by atoms with Gasteiger partial charge in [0.15, 0.2) is 0 Å². The molecule has 0 bridgehead atoms. The summed E-state index contributed by atoms with van der Waals surface area (Å²) in [6.45, 7) is 1.98. The number of aromatic nitrogens is 2. The largest absolute Gasteiger partial charge is 0.279 e. The molecule has 0 unspecified atom stereocenters. The molecule has 0 amide bonds. The first-order valence-corrected chi connectivity index (χ1v) is 6.86. The van der Waals surface area contributed by atoms with E-state index in [0.717, 1.165) is 10.3 Å². The molecule has 0 N–H and O–H groups in total. The Morgan fingerprint density at radius 1 is 1.21 bits per heavy atom. The number of nitrogens with zero attached hydrogens (tertiary/aromatic N) is 2. The van der Waals surface area contributed by atoms with Gasteiger partial charge < -0.3 is 0 Å². The van der Waals surface area contributed by atoms with Crippen LogP contribution >= 0.6 is 22.9 Å². The Bertz CT molecular complexity index is 829. The number of hydrogen-bond donors (Lipinski definition) is 0. The monoisotopic (exact) mass is 288 g/mol. The molecule has 0 aliphatic carbocycles. The van der Waals surface area contributed by atoms with E-state index in [-0.39, 0.29) is 5.56 Å². The summed E-state index contributed by atoms with van der Waals surface area (Å²) in [4.78, 5) is 20.3. The standard InChI is InChI=1S/C14H9ClN2OS/c1-8-4-5-16-11(6-8)14-17-13(18)10-3-2-9(15)7-12(10)19-14/h2-7H,1H3. The second kappa shape index (κ2) is 4.72. The van der Waals surface area contributed by atoms with Gasteiger partial charge >= 0.3 is 0 Å². The van der Waals surface area contributed by atoms with Crippen LogP contribution in [0.3, 0.4) is 0 Å². The zero-order valence-corrected chi connectivity index (χ0v) is 11.6. The lowest BCUT2D eigenvalue weighted by atomic mass is 10.2. The summed E-state index contributed by atoms with van der Waals surface area (Å²) in [5.41, 5.74) is 1.55. The number of fused-ring (bicyclic) bond motifs is 1. The van der Waals surface area contributed by atoms with Gasteiger partial charge in [-0.15, -0.1) is 11.3 Å². The SMILES string of the molecule is Cc1ccnc(-c2nc(=O)c3ccc(Cl)cc3s2)c1. The Hall–Kier alpha value is -1.78. The van der Waals surface area contributed by atoms with Crippen molar-refractivity contribution in [1.82, 2.24) is 9.97 Å². The van der Waals surface area contributed by atoms with Crippen molar-refractivity contribution in [2.24, 2.45) is 0 Å². The van der Waals surface area contributed by atoms with Crippen LogP contribution < -0.4 is 5.56 Å². The highest BCUT2D eigenvalue weighted by Crippen LogP contribution is 2.26. The Kier molecular flexibility index (Phi) is 3.05. The summed E-state index contributed by atoms with van der Waals surface area (Å²) in [6, 6.07) is 9.00. The molecule has 0 aliphatic rings. The highest BCUT2D eigenvalue weighted by Gasteiger charge is 2.08. The minimum atomic E-state index is -0.247. The molecule has 0 saturated heterocycles. The zero-order chi connectivity index (χ0) is 13.4. The smallest absolute Gasteiger partial charge is 0.267 e. The molecule has 19 heavy (non-hydrogen) atoms. The van der Waals surface area contributed by atoms with Gasteiger partial charge in [-0.25, -0.2) is 0 Å². The van der Waals surface area contributed by atoms with Crippen molar-refractivity contribution in [2.45, 2.75) is 6.92 Å². The van der Waals surface area contributed by atoms with Gasteiger partial charge in [0.2, 0.25) is 0 Å². The topological polar surface area (TPSA) is 42.9 Å². The molecule has 0 atom stereocenters. The van der Waals surface area contributed by atoms with Gasteiger partial charge in [0.05, 0.1) is 11.1 Å². The van der Waals surface area contributed by atoms with E-state index in [1.54, 1.807) is 24.4 Å². The summed E-state index contributed by atoms with van der Waals surface area (Å²) in [5, 5.41) is 1.81. The third-order valence-electron chi connectivity index (χ3n) is 2.72. The minimum absolute atomic E-state index is 0.247. The third-order valence-corrected chi connectivity index (χ3v) is 4.00. The quantitative estimate of drug-likeness (QED) is 0.686. The van der Waals surface area contributed by atoms with Gasteiger partial charge in [0.25, 0.3) is 5.56 Å². The maximum atomic E-state index is 12.0. The van der Waals surface area contributed by atoms with Crippen LogP contribution in [0.2, 0.25) is 5.02 Å². The van der Waals surface area contributed by atoms with Crippen molar-refractivity contribution < 1.29 is 0 Å². The number of rotatable bonds is 1. The van der Waals surface area contributed by atoms with Crippen molar-refractivity contribution in [1.29, 1.82) is 0 Å². The van der Waals surface area contributed by atoms with Gasteiger partial charge in [-0.1, -0.05) is 11.6 Å². The van der Waals surface area contributed by atoms with Gasteiger partial charge in [0.1, 0.15) is 5.01 Å². The predicted octanol–water partition coefficient (Wildman–Crippen LogP) is 3.68. The van der Waals surface area contributed by atoms with E-state index in [0.29, 0.717) is 21.1 Å². The first kappa shape index (κ1) is 12.3. The summed E-state index contributed by atoms with van der Waals surface area (Å²) < 4.78 is 0.825. The Labute approximate surface area is 118 Å². The third kappa shape index (κ3) is 2.37. The molecule has 3 nitrogen and oxygen atoms in total. The van der Waals surface area contributed by atoms with Crippen LogP contribution in [-0.2, 0) is 0 Å². The number of aryl methyl sites for hydroxylation is 1. The van der Waals surface area contributed by atoms with Crippen LogP contribution in [0.15, 0.2) is 41.3 Å². The number of halogens is 1. The van der Waals surface area contributed by atoms with E-state index in [1.807, 2.05) is 19.1 Å². The first-order valence-electron chi connectivity index (χ1n) is 5.67. The lowest BCUT2D eigenvalue weighted by Crippen LogP contribution is -2.06. The van der Waals surface area contributed by atoms with E-state index in [9.17, 15) is 4.79 Å². The highest BCUT2D eigenvalue weighted by molar-refractivity contribution is 7.21. The molecule has 2 heterocycles. The molecule has 0 aliphatic heterocycles. The normalized spacial score (nSPS) is 10.8. The summed E-state index contributed by atoms with van der Waals surface area (Å²) in [7, 11) is 0. The molecule has 0 radical (unpaired) electrons. The van der Waals surface area contributed by atoms with Crippen LogP contribution in [0.5, 0.6) is 0 Å². The molecule has 5 heteroatoms. The molecule has 3 aromatic rings. The van der Waals surface area contributed by atoms with E-state index in [1.165, 1.54) is 11.3 Å². The second-order valence-corrected chi connectivity index (χ2v) is 5.65. The zero-order valence-electron chi connectivity index (χ0n) is 10.1. The fraction of sp³-hybridized carbons (Fsp3) is 0.0714. The second-order valence-electron chi connectivity index (χ2n) is 4.18. The predicted molar refractivity (Wildman–Crippen MR) is 78.9 cm³/mol. The molecular weight excluding hydrogens is 280 g/mol. The number of hydrogen-bond acceptors (Lipinski definition) is 4. The first-order chi connectivity index (χ1) is 9.13. The van der Waals surface area contributed by atoms with Crippen LogP contribution in [0, 0.1) is 6.92 Å². The van der Waals surface area contributed by atoms with Crippen molar-refractivity contribution in [2.75, 3.05) is 0 Å². The molecule has 3 rings (SSSR count). The Balaban J connectivity index is 2.28. The van der Waals surface area contributed by atoms with Crippen LogP contribution in [0.1, 0.15) is 5.56 Å². The highest BCUT2D eigenvalue weighted by atomic mass is 35.5. The van der Waals surface area contributed by atoms with E-state index >= 15 is 0 Å². The number of pyridine rings is 1. The van der Waals surface area contributed by atoms with Gasteiger partial charge in [-0.2, -0.15) is 4.98 Å². The minimum Gasteiger partial charge on any atom is -0.267 e. The molecule has 94 valence electrons. The maximum Gasteiger partial charge on any atom is 0.279 e. The Morgan fingerprint density at radius 3 is 2.84 bits per heavy atom. The molecular formula is C14H9ClN2OS. The van der Waals surface area contributed by atoms with Gasteiger partial charge in [0, 0.05) is 15.9 Å². The molecule has 0 spiro atoms. The van der Waals surface area contributed by atoms with Crippen molar-refractivity contribution >= 4 is 33.0 Å². The van der Waals surface area contributed by atoms with E-state index in [4.69, 9.17) is 11.6 Å². The van der Waals surface area contributed by atoms with Crippen molar-refractivity contribution in [3.8, 4) is 10.7 Å². The summed E-state index contributed by atoms with van der Waals surface area (Å²) in [5.74, 6) is 0. The van der Waals surface area contributed by atoms with Crippen molar-refractivity contribution in [3.05, 3.63) is 57.5 Å².